The highest BCUT2D eigenvalue weighted by molar-refractivity contribution is 5.79. The Balaban J connectivity index is 1.47. The molecule has 4 nitrogen and oxygen atoms in total. The molecule has 24 heavy (non-hydrogen) atoms. The Morgan fingerprint density at radius 3 is 2.12 bits per heavy atom. The van der Waals surface area contributed by atoms with Gasteiger partial charge in [0.15, 0.2) is 0 Å². The molecule has 3 N–H and O–H groups in total. The lowest BCUT2D eigenvalue weighted by atomic mass is 10.1. The van der Waals surface area contributed by atoms with E-state index < -0.39 is 6.10 Å². The number of nitrogens with one attached hydrogen (secondary N) is 2. The van der Waals surface area contributed by atoms with Gasteiger partial charge in [0, 0.05) is 25.0 Å². The van der Waals surface area contributed by atoms with Crippen LogP contribution in [0.1, 0.15) is 24.0 Å². The molecule has 0 saturated heterocycles. The SMILES string of the molecule is O=C(NCc1ccccc1)[C@H]1C[C@H](NCc2ccccc2)[C@@H](O)C1. The fourth-order valence-corrected chi connectivity index (χ4v) is 3.22. The molecule has 1 aliphatic carbocycles. The lowest BCUT2D eigenvalue weighted by Gasteiger charge is -2.16. The van der Waals surface area contributed by atoms with Crippen molar-refractivity contribution in [3.63, 3.8) is 0 Å². The van der Waals surface area contributed by atoms with Gasteiger partial charge in [-0.3, -0.25) is 4.79 Å². The highest BCUT2D eigenvalue weighted by atomic mass is 16.3. The van der Waals surface area contributed by atoms with E-state index in [1.54, 1.807) is 0 Å². The molecule has 0 unspecified atom stereocenters. The summed E-state index contributed by atoms with van der Waals surface area (Å²) in [6.07, 6.45) is 0.725. The third-order valence-corrected chi connectivity index (χ3v) is 4.62. The van der Waals surface area contributed by atoms with Gasteiger partial charge in [-0.15, -0.1) is 0 Å². The van der Waals surface area contributed by atoms with E-state index in [2.05, 4.69) is 22.8 Å². The number of benzene rings is 2. The number of hydrogen-bond acceptors (Lipinski definition) is 3. The fraction of sp³-hybridized carbons (Fsp3) is 0.350. The van der Waals surface area contributed by atoms with Crippen molar-refractivity contribution in [2.75, 3.05) is 0 Å². The molecule has 0 bridgehead atoms. The second-order valence-electron chi connectivity index (χ2n) is 6.41. The van der Waals surface area contributed by atoms with Gasteiger partial charge < -0.3 is 15.7 Å². The van der Waals surface area contributed by atoms with E-state index in [1.807, 2.05) is 48.5 Å². The molecule has 3 rings (SSSR count). The van der Waals surface area contributed by atoms with Crippen LogP contribution in [-0.4, -0.2) is 23.2 Å². The number of amides is 1. The van der Waals surface area contributed by atoms with Crippen LogP contribution in [0, 0.1) is 5.92 Å². The summed E-state index contributed by atoms with van der Waals surface area (Å²) in [7, 11) is 0. The van der Waals surface area contributed by atoms with Gasteiger partial charge in [0.25, 0.3) is 0 Å². The molecule has 126 valence electrons. The molecule has 0 heterocycles. The number of aliphatic hydroxyl groups excluding tert-OH is 1. The van der Waals surface area contributed by atoms with Crippen LogP contribution in [0.5, 0.6) is 0 Å². The smallest absolute Gasteiger partial charge is 0.223 e. The van der Waals surface area contributed by atoms with E-state index in [0.29, 0.717) is 25.9 Å². The summed E-state index contributed by atoms with van der Waals surface area (Å²) in [6, 6.07) is 19.9. The number of carbonyl (C=O) groups is 1. The summed E-state index contributed by atoms with van der Waals surface area (Å²) in [5.41, 5.74) is 2.27. The monoisotopic (exact) mass is 324 g/mol. The fourth-order valence-electron chi connectivity index (χ4n) is 3.22. The molecule has 1 amide bonds. The van der Waals surface area contributed by atoms with Gasteiger partial charge >= 0.3 is 0 Å². The zero-order chi connectivity index (χ0) is 16.8. The van der Waals surface area contributed by atoms with E-state index in [9.17, 15) is 9.90 Å². The lowest BCUT2D eigenvalue weighted by molar-refractivity contribution is -0.125. The highest BCUT2D eigenvalue weighted by Gasteiger charge is 2.36. The van der Waals surface area contributed by atoms with Gasteiger partial charge in [-0.25, -0.2) is 0 Å². The Kier molecular flexibility index (Phi) is 5.62. The molecular weight excluding hydrogens is 300 g/mol. The van der Waals surface area contributed by atoms with E-state index in [0.717, 1.165) is 5.56 Å². The minimum atomic E-state index is -0.471. The number of carbonyl (C=O) groups excluding carboxylic acids is 1. The average Bonchev–Trinajstić information content (AvgIpc) is 3.00. The Labute approximate surface area is 142 Å². The Bertz CT molecular complexity index is 645. The summed E-state index contributed by atoms with van der Waals surface area (Å²) < 4.78 is 0. The second kappa shape index (κ2) is 8.08. The summed E-state index contributed by atoms with van der Waals surface area (Å²) in [5, 5.41) is 16.6. The van der Waals surface area contributed by atoms with Crippen LogP contribution in [0.4, 0.5) is 0 Å². The second-order valence-corrected chi connectivity index (χ2v) is 6.41. The molecule has 0 radical (unpaired) electrons. The van der Waals surface area contributed by atoms with Gasteiger partial charge in [-0.05, 0) is 24.0 Å². The quantitative estimate of drug-likeness (QED) is 0.764. The molecule has 2 aromatic rings. The number of rotatable bonds is 6. The summed E-state index contributed by atoms with van der Waals surface area (Å²) in [6.45, 7) is 1.25. The Hall–Kier alpha value is -2.17. The zero-order valence-corrected chi connectivity index (χ0v) is 13.7. The predicted octanol–water partition coefficient (Wildman–Crippen LogP) is 2.23. The van der Waals surface area contributed by atoms with Gasteiger partial charge in [-0.2, -0.15) is 0 Å². The minimum absolute atomic E-state index is 0.0296. The topological polar surface area (TPSA) is 61.4 Å². The lowest BCUT2D eigenvalue weighted by Crippen LogP contribution is -2.35. The molecule has 0 spiro atoms. The van der Waals surface area contributed by atoms with Gasteiger partial charge in [0.2, 0.25) is 5.91 Å². The first-order chi connectivity index (χ1) is 11.7. The van der Waals surface area contributed by atoms with E-state index >= 15 is 0 Å². The van der Waals surface area contributed by atoms with Crippen molar-refractivity contribution in [1.82, 2.24) is 10.6 Å². The third-order valence-electron chi connectivity index (χ3n) is 4.62. The van der Waals surface area contributed by atoms with Crippen molar-refractivity contribution >= 4 is 5.91 Å². The van der Waals surface area contributed by atoms with Crippen LogP contribution in [0.2, 0.25) is 0 Å². The van der Waals surface area contributed by atoms with Crippen LogP contribution >= 0.6 is 0 Å². The first-order valence-electron chi connectivity index (χ1n) is 8.49. The molecule has 2 aromatic carbocycles. The van der Waals surface area contributed by atoms with Crippen LogP contribution in [0.25, 0.3) is 0 Å². The molecule has 3 atom stereocenters. The van der Waals surface area contributed by atoms with Crippen molar-refractivity contribution in [3.8, 4) is 0 Å². The first kappa shape index (κ1) is 16.7. The maximum absolute atomic E-state index is 12.3. The maximum atomic E-state index is 12.3. The van der Waals surface area contributed by atoms with Crippen molar-refractivity contribution < 1.29 is 9.90 Å². The summed E-state index contributed by atoms with van der Waals surface area (Å²) in [4.78, 5) is 12.3. The number of hydrogen-bond donors (Lipinski definition) is 3. The minimum Gasteiger partial charge on any atom is -0.391 e. The van der Waals surface area contributed by atoms with Crippen LogP contribution < -0.4 is 10.6 Å². The maximum Gasteiger partial charge on any atom is 0.223 e. The molecule has 0 aromatic heterocycles. The van der Waals surface area contributed by atoms with Crippen molar-refractivity contribution in [3.05, 3.63) is 71.8 Å². The third kappa shape index (κ3) is 4.43. The van der Waals surface area contributed by atoms with E-state index in [4.69, 9.17) is 0 Å². The molecule has 0 aliphatic heterocycles. The van der Waals surface area contributed by atoms with E-state index in [1.165, 1.54) is 5.56 Å². The Morgan fingerprint density at radius 2 is 1.50 bits per heavy atom. The first-order valence-corrected chi connectivity index (χ1v) is 8.49. The summed E-state index contributed by atoms with van der Waals surface area (Å²) >= 11 is 0. The van der Waals surface area contributed by atoms with Gasteiger partial charge in [0.05, 0.1) is 6.10 Å². The number of aliphatic hydroxyl groups is 1. The molecule has 1 aliphatic rings. The molecule has 1 fully saturated rings. The average molecular weight is 324 g/mol. The van der Waals surface area contributed by atoms with Gasteiger partial charge in [-0.1, -0.05) is 60.7 Å². The zero-order valence-electron chi connectivity index (χ0n) is 13.7. The van der Waals surface area contributed by atoms with Crippen molar-refractivity contribution in [2.45, 2.75) is 38.1 Å². The largest absolute Gasteiger partial charge is 0.391 e. The van der Waals surface area contributed by atoms with Crippen LogP contribution in [0.3, 0.4) is 0 Å². The molecule has 4 heteroatoms. The standard InChI is InChI=1S/C20H24N2O2/c23-19-12-17(20(24)22-14-16-9-5-2-6-10-16)11-18(19)21-13-15-7-3-1-4-8-15/h1-10,17-19,21,23H,11-14H2,(H,22,24)/t17-,18-,19-/m0/s1. The Morgan fingerprint density at radius 1 is 0.917 bits per heavy atom. The van der Waals surface area contributed by atoms with E-state index in [-0.39, 0.29) is 17.9 Å². The normalized spacial score (nSPS) is 23.1. The van der Waals surface area contributed by atoms with Crippen LogP contribution in [-0.2, 0) is 17.9 Å². The predicted molar refractivity (Wildman–Crippen MR) is 94.1 cm³/mol. The van der Waals surface area contributed by atoms with Gasteiger partial charge in [0.1, 0.15) is 0 Å². The molecule has 1 saturated carbocycles. The van der Waals surface area contributed by atoms with Crippen molar-refractivity contribution in [2.24, 2.45) is 5.92 Å². The van der Waals surface area contributed by atoms with Crippen molar-refractivity contribution in [1.29, 1.82) is 0 Å². The molecular formula is C20H24N2O2. The summed E-state index contributed by atoms with van der Waals surface area (Å²) in [5.74, 6) is -0.0982. The van der Waals surface area contributed by atoms with Crippen LogP contribution in [0.15, 0.2) is 60.7 Å². The highest BCUT2D eigenvalue weighted by Crippen LogP contribution is 2.26.